The molecular formula is C11H14N4. The Kier molecular flexibility index (Phi) is 2.82. The number of nitrogens with one attached hydrogen (secondary N) is 1. The number of anilines is 1. The Morgan fingerprint density at radius 1 is 1.40 bits per heavy atom. The highest BCUT2D eigenvalue weighted by molar-refractivity contribution is 5.34. The molecule has 15 heavy (non-hydrogen) atoms. The molecule has 0 radical (unpaired) electrons. The van der Waals surface area contributed by atoms with Crippen molar-refractivity contribution in [3.63, 3.8) is 0 Å². The van der Waals surface area contributed by atoms with E-state index < -0.39 is 0 Å². The molecule has 78 valence electrons. The fraction of sp³-hybridized carbons (Fsp3) is 0.545. The van der Waals surface area contributed by atoms with Gasteiger partial charge in [0.05, 0.1) is 12.4 Å². The maximum atomic E-state index is 8.57. The molecule has 0 spiro atoms. The van der Waals surface area contributed by atoms with Crippen LogP contribution in [-0.4, -0.2) is 16.0 Å². The monoisotopic (exact) mass is 202 g/mol. The van der Waals surface area contributed by atoms with Gasteiger partial charge in [0.1, 0.15) is 11.9 Å². The van der Waals surface area contributed by atoms with E-state index in [0.717, 1.165) is 11.7 Å². The van der Waals surface area contributed by atoms with Gasteiger partial charge in [0.2, 0.25) is 0 Å². The van der Waals surface area contributed by atoms with E-state index in [0.29, 0.717) is 11.7 Å². The third kappa shape index (κ3) is 2.44. The number of nitriles is 1. The molecule has 0 aromatic carbocycles. The summed E-state index contributed by atoms with van der Waals surface area (Å²) in [5.74, 6) is 1.57. The molecule has 1 saturated carbocycles. The molecule has 2 rings (SSSR count). The van der Waals surface area contributed by atoms with Crippen LogP contribution in [0.5, 0.6) is 0 Å². The van der Waals surface area contributed by atoms with E-state index in [9.17, 15) is 0 Å². The first-order valence-electron chi connectivity index (χ1n) is 5.26. The van der Waals surface area contributed by atoms with E-state index in [-0.39, 0.29) is 0 Å². The zero-order chi connectivity index (χ0) is 10.7. The van der Waals surface area contributed by atoms with Gasteiger partial charge in [0.15, 0.2) is 5.69 Å². The second-order valence-corrected chi connectivity index (χ2v) is 4.16. The van der Waals surface area contributed by atoms with Gasteiger partial charge in [-0.25, -0.2) is 9.97 Å². The van der Waals surface area contributed by atoms with Crippen molar-refractivity contribution in [1.82, 2.24) is 9.97 Å². The van der Waals surface area contributed by atoms with Gasteiger partial charge in [-0.05, 0) is 25.2 Å². The fourth-order valence-corrected chi connectivity index (χ4v) is 2.01. The smallest absolute Gasteiger partial charge is 0.158 e. The second kappa shape index (κ2) is 4.26. The largest absolute Gasteiger partial charge is 0.366 e. The fourth-order valence-electron chi connectivity index (χ4n) is 2.01. The minimum atomic E-state index is 0.361. The quantitative estimate of drug-likeness (QED) is 0.796. The molecule has 1 aromatic rings. The van der Waals surface area contributed by atoms with Crippen molar-refractivity contribution in [3.05, 3.63) is 18.1 Å². The zero-order valence-corrected chi connectivity index (χ0v) is 8.77. The predicted octanol–water partition coefficient (Wildman–Crippen LogP) is 1.95. The summed E-state index contributed by atoms with van der Waals surface area (Å²) in [6.45, 7) is 2.27. The topological polar surface area (TPSA) is 61.6 Å². The van der Waals surface area contributed by atoms with E-state index in [1.54, 1.807) is 6.20 Å². The van der Waals surface area contributed by atoms with E-state index >= 15 is 0 Å². The first kappa shape index (κ1) is 9.91. The van der Waals surface area contributed by atoms with Crippen LogP contribution in [0, 0.1) is 17.2 Å². The highest BCUT2D eigenvalue weighted by Gasteiger charge is 2.21. The van der Waals surface area contributed by atoms with Gasteiger partial charge in [-0.2, -0.15) is 5.26 Å². The molecule has 2 atom stereocenters. The number of hydrogen-bond donors (Lipinski definition) is 1. The number of nitrogens with zero attached hydrogens (tertiary/aromatic N) is 3. The van der Waals surface area contributed by atoms with Gasteiger partial charge in [0.25, 0.3) is 0 Å². The molecular weight excluding hydrogens is 188 g/mol. The first-order chi connectivity index (χ1) is 7.28. The Hall–Kier alpha value is -1.63. The molecule has 1 fully saturated rings. The third-order valence-corrected chi connectivity index (χ3v) is 2.81. The molecule has 1 aliphatic carbocycles. The van der Waals surface area contributed by atoms with Crippen molar-refractivity contribution < 1.29 is 0 Å². The van der Waals surface area contributed by atoms with Crippen LogP contribution < -0.4 is 5.32 Å². The molecule has 1 aromatic heterocycles. The maximum absolute atomic E-state index is 8.57. The molecule has 1 N–H and O–H groups in total. The average Bonchev–Trinajstić information content (AvgIpc) is 2.65. The second-order valence-electron chi connectivity index (χ2n) is 4.16. The normalized spacial score (nSPS) is 24.8. The van der Waals surface area contributed by atoms with Crippen LogP contribution in [0.15, 0.2) is 12.4 Å². The Balaban J connectivity index is 1.96. The van der Waals surface area contributed by atoms with Gasteiger partial charge in [-0.15, -0.1) is 0 Å². The number of rotatable bonds is 2. The predicted molar refractivity (Wildman–Crippen MR) is 57.2 cm³/mol. The molecule has 4 heteroatoms. The number of hydrogen-bond acceptors (Lipinski definition) is 4. The van der Waals surface area contributed by atoms with Gasteiger partial charge >= 0.3 is 0 Å². The minimum absolute atomic E-state index is 0.361. The summed E-state index contributed by atoms with van der Waals surface area (Å²) in [6, 6.07) is 2.47. The van der Waals surface area contributed by atoms with Crippen LogP contribution in [0.1, 0.15) is 31.9 Å². The minimum Gasteiger partial charge on any atom is -0.366 e. The summed E-state index contributed by atoms with van der Waals surface area (Å²) in [5.41, 5.74) is 0.361. The highest BCUT2D eigenvalue weighted by atomic mass is 15.0. The van der Waals surface area contributed by atoms with Crippen LogP contribution in [0.2, 0.25) is 0 Å². The van der Waals surface area contributed by atoms with Gasteiger partial charge < -0.3 is 5.32 Å². The van der Waals surface area contributed by atoms with Gasteiger partial charge in [-0.1, -0.05) is 6.92 Å². The van der Waals surface area contributed by atoms with Crippen molar-refractivity contribution in [2.24, 2.45) is 5.92 Å². The van der Waals surface area contributed by atoms with E-state index in [4.69, 9.17) is 5.26 Å². The molecule has 1 aliphatic rings. The van der Waals surface area contributed by atoms with Crippen molar-refractivity contribution in [1.29, 1.82) is 5.26 Å². The summed E-state index contributed by atoms with van der Waals surface area (Å²) in [6.07, 6.45) is 6.80. The lowest BCUT2D eigenvalue weighted by Gasteiger charge is -2.12. The van der Waals surface area contributed by atoms with Crippen molar-refractivity contribution in [2.45, 2.75) is 32.2 Å². The van der Waals surface area contributed by atoms with Gasteiger partial charge in [0, 0.05) is 6.04 Å². The molecule has 0 saturated heterocycles. The van der Waals surface area contributed by atoms with Crippen LogP contribution in [0.4, 0.5) is 5.82 Å². The Bertz CT molecular complexity index is 365. The van der Waals surface area contributed by atoms with E-state index in [1.807, 2.05) is 6.07 Å². The van der Waals surface area contributed by atoms with Crippen molar-refractivity contribution >= 4 is 5.82 Å². The molecule has 0 amide bonds. The van der Waals surface area contributed by atoms with Gasteiger partial charge in [-0.3, -0.25) is 0 Å². The highest BCUT2D eigenvalue weighted by Crippen LogP contribution is 2.26. The number of aromatic nitrogens is 2. The molecule has 0 aliphatic heterocycles. The molecule has 0 bridgehead atoms. The van der Waals surface area contributed by atoms with Crippen molar-refractivity contribution in [2.75, 3.05) is 5.32 Å². The van der Waals surface area contributed by atoms with E-state index in [1.165, 1.54) is 25.5 Å². The van der Waals surface area contributed by atoms with Crippen molar-refractivity contribution in [3.8, 4) is 6.07 Å². The van der Waals surface area contributed by atoms with Crippen LogP contribution in [0.3, 0.4) is 0 Å². The van der Waals surface area contributed by atoms with E-state index in [2.05, 4.69) is 22.2 Å². The Labute approximate surface area is 89.4 Å². The SMILES string of the molecule is CC1CCC(Nc2cnc(C#N)cn2)C1. The zero-order valence-electron chi connectivity index (χ0n) is 8.77. The first-order valence-corrected chi connectivity index (χ1v) is 5.26. The molecule has 1 heterocycles. The third-order valence-electron chi connectivity index (χ3n) is 2.81. The molecule has 4 nitrogen and oxygen atoms in total. The Morgan fingerprint density at radius 2 is 2.27 bits per heavy atom. The lowest BCUT2D eigenvalue weighted by molar-refractivity contribution is 0.602. The summed E-state index contributed by atoms with van der Waals surface area (Å²) >= 11 is 0. The lowest BCUT2D eigenvalue weighted by Crippen LogP contribution is -2.16. The Morgan fingerprint density at radius 3 is 2.80 bits per heavy atom. The summed E-state index contributed by atoms with van der Waals surface area (Å²) in [4.78, 5) is 8.11. The average molecular weight is 202 g/mol. The van der Waals surface area contributed by atoms with Crippen LogP contribution in [0.25, 0.3) is 0 Å². The standard InChI is InChI=1S/C11H14N4/c1-8-2-3-9(4-8)15-11-7-13-10(5-12)6-14-11/h6-9H,2-4H2,1H3,(H,14,15). The van der Waals surface area contributed by atoms with Crippen LogP contribution in [-0.2, 0) is 0 Å². The maximum Gasteiger partial charge on any atom is 0.158 e. The lowest BCUT2D eigenvalue weighted by atomic mass is 10.1. The summed E-state index contributed by atoms with van der Waals surface area (Å²) in [7, 11) is 0. The van der Waals surface area contributed by atoms with Crippen LogP contribution >= 0.6 is 0 Å². The summed E-state index contributed by atoms with van der Waals surface area (Å²) < 4.78 is 0. The summed E-state index contributed by atoms with van der Waals surface area (Å²) in [5, 5.41) is 11.9. The molecule has 2 unspecified atom stereocenters.